The molecule has 1 aromatic heterocycles. The molecule has 0 fully saturated rings. The predicted molar refractivity (Wildman–Crippen MR) is 107 cm³/mol. The Hall–Kier alpha value is -3.73. The van der Waals surface area contributed by atoms with Gasteiger partial charge < -0.3 is 9.73 Å². The summed E-state index contributed by atoms with van der Waals surface area (Å²) in [5.41, 5.74) is 3.37. The van der Waals surface area contributed by atoms with E-state index in [1.54, 1.807) is 12.1 Å². The van der Waals surface area contributed by atoms with Gasteiger partial charge in [0.25, 0.3) is 5.91 Å². The van der Waals surface area contributed by atoms with E-state index < -0.39 is 6.04 Å². The summed E-state index contributed by atoms with van der Waals surface area (Å²) in [4.78, 5) is 12.8. The van der Waals surface area contributed by atoms with Crippen molar-refractivity contribution in [1.82, 2.24) is 15.5 Å². The lowest BCUT2D eigenvalue weighted by atomic mass is 10.1. The van der Waals surface area contributed by atoms with E-state index >= 15 is 0 Å². The Bertz CT molecular complexity index is 1060. The molecule has 0 aliphatic carbocycles. The molecular formula is C23H19N3O2. The molecule has 1 amide bonds. The van der Waals surface area contributed by atoms with Gasteiger partial charge in [-0.05, 0) is 36.8 Å². The zero-order valence-electron chi connectivity index (χ0n) is 15.4. The zero-order chi connectivity index (χ0) is 19.3. The molecule has 1 heterocycles. The largest absolute Gasteiger partial charge is 0.418 e. The first-order chi connectivity index (χ1) is 13.7. The summed E-state index contributed by atoms with van der Waals surface area (Å²) in [6.45, 7) is 1.98. The molecule has 0 radical (unpaired) electrons. The van der Waals surface area contributed by atoms with Crippen LogP contribution in [0, 0.1) is 6.92 Å². The number of rotatable bonds is 5. The number of carbonyl (C=O) groups excluding carboxylic acids is 1. The minimum Gasteiger partial charge on any atom is -0.418 e. The third-order valence-corrected chi connectivity index (χ3v) is 4.43. The van der Waals surface area contributed by atoms with Gasteiger partial charge in [-0.1, -0.05) is 66.2 Å². The molecule has 3 aromatic carbocycles. The van der Waals surface area contributed by atoms with E-state index in [9.17, 15) is 4.79 Å². The number of nitrogens with zero attached hydrogens (tertiary/aromatic N) is 2. The number of aryl methyl sites for hydroxylation is 1. The molecular weight excluding hydrogens is 350 g/mol. The number of amides is 1. The van der Waals surface area contributed by atoms with Crippen molar-refractivity contribution in [1.29, 1.82) is 0 Å². The number of hydrogen-bond acceptors (Lipinski definition) is 4. The maximum atomic E-state index is 12.8. The Morgan fingerprint density at radius 2 is 1.50 bits per heavy atom. The average Bonchev–Trinajstić information content (AvgIpc) is 3.23. The van der Waals surface area contributed by atoms with E-state index in [-0.39, 0.29) is 5.91 Å². The molecule has 1 atom stereocenters. The van der Waals surface area contributed by atoms with Gasteiger partial charge in [-0.25, -0.2) is 0 Å². The molecule has 4 rings (SSSR count). The van der Waals surface area contributed by atoms with Crippen molar-refractivity contribution in [3.05, 3.63) is 108 Å². The topological polar surface area (TPSA) is 68.0 Å². The van der Waals surface area contributed by atoms with Crippen LogP contribution in [0.3, 0.4) is 0 Å². The number of benzene rings is 3. The SMILES string of the molecule is Cc1ccc(C(=O)NC(c2ccccc2)c2nnc(-c3ccccc3)o2)cc1. The molecule has 1 unspecified atom stereocenters. The van der Waals surface area contributed by atoms with Gasteiger partial charge in [0.2, 0.25) is 11.8 Å². The van der Waals surface area contributed by atoms with Gasteiger partial charge >= 0.3 is 0 Å². The highest BCUT2D eigenvalue weighted by Crippen LogP contribution is 2.25. The Labute approximate surface area is 163 Å². The second-order valence-corrected chi connectivity index (χ2v) is 6.49. The first kappa shape index (κ1) is 17.7. The molecule has 138 valence electrons. The van der Waals surface area contributed by atoms with Crippen LogP contribution in [0.25, 0.3) is 11.5 Å². The van der Waals surface area contributed by atoms with Gasteiger partial charge in [0.15, 0.2) is 0 Å². The number of nitrogens with one attached hydrogen (secondary N) is 1. The lowest BCUT2D eigenvalue weighted by molar-refractivity contribution is 0.0938. The van der Waals surface area contributed by atoms with Gasteiger partial charge in [0, 0.05) is 11.1 Å². The Balaban J connectivity index is 1.66. The van der Waals surface area contributed by atoms with Crippen LogP contribution in [-0.4, -0.2) is 16.1 Å². The van der Waals surface area contributed by atoms with Gasteiger partial charge in [-0.3, -0.25) is 4.79 Å². The molecule has 0 spiro atoms. The fourth-order valence-corrected chi connectivity index (χ4v) is 2.90. The summed E-state index contributed by atoms with van der Waals surface area (Å²) in [5, 5.41) is 11.4. The van der Waals surface area contributed by atoms with Crippen LogP contribution in [0.4, 0.5) is 0 Å². The highest BCUT2D eigenvalue weighted by atomic mass is 16.4. The molecule has 0 aliphatic rings. The summed E-state index contributed by atoms with van der Waals surface area (Å²) in [5.74, 6) is 0.556. The average molecular weight is 369 g/mol. The van der Waals surface area contributed by atoms with Gasteiger partial charge in [0.05, 0.1) is 0 Å². The van der Waals surface area contributed by atoms with Crippen molar-refractivity contribution in [2.45, 2.75) is 13.0 Å². The van der Waals surface area contributed by atoms with Crippen LogP contribution in [0.1, 0.15) is 33.4 Å². The van der Waals surface area contributed by atoms with E-state index in [0.29, 0.717) is 17.3 Å². The van der Waals surface area contributed by atoms with E-state index in [1.807, 2.05) is 79.7 Å². The summed E-state index contributed by atoms with van der Waals surface area (Å²) < 4.78 is 5.91. The molecule has 5 heteroatoms. The molecule has 0 aliphatic heterocycles. The molecule has 28 heavy (non-hydrogen) atoms. The zero-order valence-corrected chi connectivity index (χ0v) is 15.4. The van der Waals surface area contributed by atoms with Gasteiger partial charge in [0.1, 0.15) is 6.04 Å². The Kier molecular flexibility index (Phi) is 4.97. The van der Waals surface area contributed by atoms with Crippen molar-refractivity contribution in [2.75, 3.05) is 0 Å². The summed E-state index contributed by atoms with van der Waals surface area (Å²) in [6.07, 6.45) is 0. The Morgan fingerprint density at radius 3 is 2.18 bits per heavy atom. The normalized spacial score (nSPS) is 11.8. The highest BCUT2D eigenvalue weighted by molar-refractivity contribution is 5.94. The second-order valence-electron chi connectivity index (χ2n) is 6.49. The van der Waals surface area contributed by atoms with E-state index in [0.717, 1.165) is 16.7 Å². The molecule has 0 saturated carbocycles. The van der Waals surface area contributed by atoms with Gasteiger partial charge in [-0.2, -0.15) is 0 Å². The van der Waals surface area contributed by atoms with Crippen LogP contribution in [-0.2, 0) is 0 Å². The van der Waals surface area contributed by atoms with Crippen molar-refractivity contribution in [2.24, 2.45) is 0 Å². The highest BCUT2D eigenvalue weighted by Gasteiger charge is 2.23. The van der Waals surface area contributed by atoms with Crippen LogP contribution in [0.15, 0.2) is 89.3 Å². The third-order valence-electron chi connectivity index (χ3n) is 4.43. The molecule has 0 saturated heterocycles. The van der Waals surface area contributed by atoms with Gasteiger partial charge in [-0.15, -0.1) is 10.2 Å². The van der Waals surface area contributed by atoms with E-state index in [1.165, 1.54) is 0 Å². The molecule has 4 aromatic rings. The maximum absolute atomic E-state index is 12.8. The molecule has 5 nitrogen and oxygen atoms in total. The first-order valence-electron chi connectivity index (χ1n) is 9.02. The lowest BCUT2D eigenvalue weighted by Crippen LogP contribution is -2.29. The van der Waals surface area contributed by atoms with E-state index in [4.69, 9.17) is 4.42 Å². The third kappa shape index (κ3) is 3.83. The van der Waals surface area contributed by atoms with Crippen LogP contribution in [0.5, 0.6) is 0 Å². The quantitative estimate of drug-likeness (QED) is 0.560. The Morgan fingerprint density at radius 1 is 0.857 bits per heavy atom. The molecule has 0 bridgehead atoms. The number of aromatic nitrogens is 2. The van der Waals surface area contributed by atoms with Crippen LogP contribution >= 0.6 is 0 Å². The summed E-state index contributed by atoms with van der Waals surface area (Å²) in [7, 11) is 0. The standard InChI is InChI=1S/C23H19N3O2/c1-16-12-14-18(15-13-16)21(27)24-20(17-8-4-2-5-9-17)23-26-25-22(28-23)19-10-6-3-7-11-19/h2-15,20H,1H3,(H,24,27). The minimum atomic E-state index is -0.542. The van der Waals surface area contributed by atoms with Crippen LogP contribution < -0.4 is 5.32 Å². The summed E-state index contributed by atoms with van der Waals surface area (Å²) in [6, 6.07) is 26.0. The monoisotopic (exact) mass is 369 g/mol. The van der Waals surface area contributed by atoms with Crippen LogP contribution in [0.2, 0.25) is 0 Å². The number of hydrogen-bond donors (Lipinski definition) is 1. The predicted octanol–water partition coefficient (Wildman–Crippen LogP) is 4.56. The summed E-state index contributed by atoms with van der Waals surface area (Å²) >= 11 is 0. The minimum absolute atomic E-state index is 0.201. The number of carbonyl (C=O) groups is 1. The van der Waals surface area contributed by atoms with E-state index in [2.05, 4.69) is 15.5 Å². The second kappa shape index (κ2) is 7.88. The lowest BCUT2D eigenvalue weighted by Gasteiger charge is -2.16. The fraction of sp³-hybridized carbons (Fsp3) is 0.0870. The van der Waals surface area contributed by atoms with Crippen molar-refractivity contribution in [3.63, 3.8) is 0 Å². The first-order valence-corrected chi connectivity index (χ1v) is 9.02. The fourth-order valence-electron chi connectivity index (χ4n) is 2.90. The maximum Gasteiger partial charge on any atom is 0.252 e. The van der Waals surface area contributed by atoms with Crippen molar-refractivity contribution < 1.29 is 9.21 Å². The smallest absolute Gasteiger partial charge is 0.252 e. The van der Waals surface area contributed by atoms with Crippen molar-refractivity contribution >= 4 is 5.91 Å². The van der Waals surface area contributed by atoms with Crippen molar-refractivity contribution in [3.8, 4) is 11.5 Å². The molecule has 1 N–H and O–H groups in total.